The van der Waals surface area contributed by atoms with E-state index in [1.54, 1.807) is 0 Å². The van der Waals surface area contributed by atoms with Gasteiger partial charge in [0.05, 0.1) is 11.6 Å². The van der Waals surface area contributed by atoms with Gasteiger partial charge in [0.1, 0.15) is 5.82 Å². The van der Waals surface area contributed by atoms with Crippen molar-refractivity contribution in [2.45, 2.75) is 64.9 Å². The van der Waals surface area contributed by atoms with Gasteiger partial charge in [0.2, 0.25) is 0 Å². The molecule has 1 atom stereocenters. The average molecular weight is 353 g/mol. The lowest BCUT2D eigenvalue weighted by molar-refractivity contribution is 0.0566. The highest BCUT2D eigenvalue weighted by Crippen LogP contribution is 2.15. The molecule has 0 aliphatic carbocycles. The van der Waals surface area contributed by atoms with Gasteiger partial charge in [0.25, 0.3) is 0 Å². The Morgan fingerprint density at radius 1 is 1.23 bits per heavy atom. The monoisotopic (exact) mass is 352 g/mol. The maximum atomic E-state index is 5.84. The van der Waals surface area contributed by atoms with E-state index >= 15 is 0 Å². The van der Waals surface area contributed by atoms with Crippen molar-refractivity contribution in [3.8, 4) is 0 Å². The van der Waals surface area contributed by atoms with Crippen molar-refractivity contribution < 1.29 is 4.74 Å². The molecule has 0 radical (unpaired) electrons. The molecule has 2 rings (SSSR count). The molecule has 0 N–H and O–H groups in total. The predicted octanol–water partition coefficient (Wildman–Crippen LogP) is 6.14. The highest BCUT2D eigenvalue weighted by atomic mass is 16.5. The van der Waals surface area contributed by atoms with Crippen LogP contribution in [0.25, 0.3) is 17.0 Å². The second-order valence-electron chi connectivity index (χ2n) is 6.82. The molecule has 1 unspecified atom stereocenters. The van der Waals surface area contributed by atoms with Gasteiger partial charge in [-0.05, 0) is 50.3 Å². The molecule has 26 heavy (non-hydrogen) atoms. The summed E-state index contributed by atoms with van der Waals surface area (Å²) in [5.74, 6) is 0.821. The molecule has 0 saturated carbocycles. The number of hydrogen-bond donors (Lipinski definition) is 0. The van der Waals surface area contributed by atoms with Crippen LogP contribution in [0.5, 0.6) is 0 Å². The molecular weight excluding hydrogens is 320 g/mol. The van der Waals surface area contributed by atoms with Crippen molar-refractivity contribution in [3.63, 3.8) is 0 Å². The van der Waals surface area contributed by atoms with Gasteiger partial charge in [0, 0.05) is 24.6 Å². The molecule has 0 saturated heterocycles. The number of benzene rings is 1. The van der Waals surface area contributed by atoms with Gasteiger partial charge < -0.3 is 4.74 Å². The van der Waals surface area contributed by atoms with Crippen LogP contribution in [0, 0.1) is 0 Å². The van der Waals surface area contributed by atoms with Crippen LogP contribution < -0.4 is 0 Å². The van der Waals surface area contributed by atoms with Gasteiger partial charge in [-0.2, -0.15) is 0 Å². The van der Waals surface area contributed by atoms with Crippen molar-refractivity contribution in [1.29, 1.82) is 0 Å². The number of allylic oxidation sites excluding steroid dienone is 2. The minimum Gasteiger partial charge on any atom is -0.379 e. The molecule has 2 aromatic rings. The molecule has 0 amide bonds. The second-order valence-corrected chi connectivity index (χ2v) is 6.82. The first kappa shape index (κ1) is 20.3. The van der Waals surface area contributed by atoms with Crippen LogP contribution in [-0.2, 0) is 11.2 Å². The molecule has 140 valence electrons. The summed E-state index contributed by atoms with van der Waals surface area (Å²) in [7, 11) is 0. The van der Waals surface area contributed by atoms with Gasteiger partial charge in [0.15, 0.2) is 0 Å². The molecule has 1 heterocycles. The van der Waals surface area contributed by atoms with E-state index in [1.807, 2.05) is 12.3 Å². The zero-order chi connectivity index (χ0) is 18.6. The van der Waals surface area contributed by atoms with Crippen LogP contribution in [-0.4, -0.2) is 22.7 Å². The largest absolute Gasteiger partial charge is 0.379 e. The third kappa shape index (κ3) is 7.09. The number of hydrogen-bond acceptors (Lipinski definition) is 3. The highest BCUT2D eigenvalue weighted by molar-refractivity contribution is 5.80. The summed E-state index contributed by atoms with van der Waals surface area (Å²) in [5, 5.41) is 1.08. The van der Waals surface area contributed by atoms with Gasteiger partial charge in [-0.3, -0.25) is 0 Å². The fourth-order valence-corrected chi connectivity index (χ4v) is 2.88. The summed E-state index contributed by atoms with van der Waals surface area (Å²) in [4.78, 5) is 8.93. The number of rotatable bonds is 12. The Hall–Kier alpha value is -2.00. The van der Waals surface area contributed by atoms with Gasteiger partial charge >= 0.3 is 0 Å². The Morgan fingerprint density at radius 2 is 2.12 bits per heavy atom. The van der Waals surface area contributed by atoms with Gasteiger partial charge in [-0.1, -0.05) is 44.1 Å². The lowest BCUT2D eigenvalue weighted by Crippen LogP contribution is -2.08. The van der Waals surface area contributed by atoms with Crippen LogP contribution in [0.2, 0.25) is 0 Å². The SMILES string of the molecule is C=CCc1ncc2cc(C=CCCCC(C)OCCCCC)ccc2n1. The topological polar surface area (TPSA) is 35.0 Å². The molecule has 0 bridgehead atoms. The van der Waals surface area contributed by atoms with Crippen molar-refractivity contribution in [2.24, 2.45) is 0 Å². The number of fused-ring (bicyclic) bond motifs is 1. The molecular formula is C23H32N2O. The maximum Gasteiger partial charge on any atom is 0.132 e. The third-order valence-electron chi connectivity index (χ3n) is 4.42. The van der Waals surface area contributed by atoms with E-state index in [9.17, 15) is 0 Å². The fourth-order valence-electron chi connectivity index (χ4n) is 2.88. The van der Waals surface area contributed by atoms with E-state index in [0.29, 0.717) is 12.5 Å². The van der Waals surface area contributed by atoms with Crippen LogP contribution >= 0.6 is 0 Å². The molecule has 0 spiro atoms. The van der Waals surface area contributed by atoms with E-state index in [4.69, 9.17) is 4.74 Å². The first-order chi connectivity index (χ1) is 12.7. The van der Waals surface area contributed by atoms with Gasteiger partial charge in [-0.25, -0.2) is 9.97 Å². The molecule has 0 fully saturated rings. The maximum absolute atomic E-state index is 5.84. The number of ether oxygens (including phenoxy) is 1. The number of nitrogens with zero attached hydrogens (tertiary/aromatic N) is 2. The van der Waals surface area contributed by atoms with Crippen LogP contribution in [0.3, 0.4) is 0 Å². The highest BCUT2D eigenvalue weighted by Gasteiger charge is 2.01. The average Bonchev–Trinajstić information content (AvgIpc) is 2.65. The smallest absolute Gasteiger partial charge is 0.132 e. The Bertz CT molecular complexity index is 708. The zero-order valence-electron chi connectivity index (χ0n) is 16.3. The summed E-state index contributed by atoms with van der Waals surface area (Å²) in [6, 6.07) is 6.32. The quantitative estimate of drug-likeness (QED) is 0.340. The molecule has 0 aliphatic heterocycles. The number of unbranched alkanes of at least 4 members (excludes halogenated alkanes) is 3. The Morgan fingerprint density at radius 3 is 2.92 bits per heavy atom. The van der Waals surface area contributed by atoms with Crippen molar-refractivity contribution in [3.05, 3.63) is 54.5 Å². The lowest BCUT2D eigenvalue weighted by Gasteiger charge is -2.12. The van der Waals surface area contributed by atoms with E-state index in [0.717, 1.165) is 42.6 Å². The van der Waals surface area contributed by atoms with E-state index < -0.39 is 0 Å². The Kier molecular flexibility index (Phi) is 9.05. The number of aromatic nitrogens is 2. The van der Waals surface area contributed by atoms with Crippen LogP contribution in [0.4, 0.5) is 0 Å². The molecule has 1 aromatic carbocycles. The summed E-state index contributed by atoms with van der Waals surface area (Å²) < 4.78 is 5.84. The summed E-state index contributed by atoms with van der Waals surface area (Å²) in [5.41, 5.74) is 2.18. The van der Waals surface area contributed by atoms with E-state index in [2.05, 4.69) is 60.7 Å². The summed E-state index contributed by atoms with van der Waals surface area (Å²) in [6.07, 6.45) is 16.3. The van der Waals surface area contributed by atoms with Gasteiger partial charge in [-0.15, -0.1) is 6.58 Å². The first-order valence-electron chi connectivity index (χ1n) is 9.87. The third-order valence-corrected chi connectivity index (χ3v) is 4.42. The molecule has 3 heteroatoms. The normalized spacial score (nSPS) is 12.7. The van der Waals surface area contributed by atoms with Crippen LogP contribution in [0.1, 0.15) is 63.8 Å². The van der Waals surface area contributed by atoms with Crippen molar-refractivity contribution in [1.82, 2.24) is 9.97 Å². The Labute approximate surface area is 158 Å². The van der Waals surface area contributed by atoms with Crippen molar-refractivity contribution >= 4 is 17.0 Å². The standard InChI is InChI=1S/C23H32N2O/c1-4-6-10-16-26-19(3)12-8-7-9-13-20-14-15-22-21(17-20)18-24-23(25-22)11-5-2/h5,9,13-15,17-19H,2,4,6-8,10-12,16H2,1,3H3. The fraction of sp³-hybridized carbons (Fsp3) is 0.478. The second kappa shape index (κ2) is 11.6. The first-order valence-corrected chi connectivity index (χ1v) is 9.87. The lowest BCUT2D eigenvalue weighted by atomic mass is 10.1. The van der Waals surface area contributed by atoms with E-state index in [1.165, 1.54) is 24.8 Å². The summed E-state index contributed by atoms with van der Waals surface area (Å²) >= 11 is 0. The molecule has 0 aliphatic rings. The minimum atomic E-state index is 0.364. The molecule has 1 aromatic heterocycles. The Balaban J connectivity index is 1.75. The summed E-state index contributed by atoms with van der Waals surface area (Å²) in [6.45, 7) is 9.04. The van der Waals surface area contributed by atoms with Crippen LogP contribution in [0.15, 0.2) is 43.1 Å². The minimum absolute atomic E-state index is 0.364. The van der Waals surface area contributed by atoms with E-state index in [-0.39, 0.29) is 0 Å². The van der Waals surface area contributed by atoms with Crippen molar-refractivity contribution in [2.75, 3.05) is 6.61 Å². The zero-order valence-corrected chi connectivity index (χ0v) is 16.3. The predicted molar refractivity (Wildman–Crippen MR) is 111 cm³/mol. The molecule has 3 nitrogen and oxygen atoms in total.